The maximum absolute atomic E-state index is 5.62. The largest absolute Gasteiger partial charge is 0.375 e. The van der Waals surface area contributed by atoms with Crippen LogP contribution in [0.4, 0.5) is 5.13 Å². The number of hydrogen-bond acceptors (Lipinski definition) is 3. The van der Waals surface area contributed by atoms with Crippen LogP contribution in [0.15, 0.2) is 12.1 Å². The van der Waals surface area contributed by atoms with Crippen LogP contribution in [-0.2, 0) is 0 Å². The molecule has 0 aliphatic rings. The Labute approximate surface area is 75.8 Å². The van der Waals surface area contributed by atoms with E-state index in [1.54, 1.807) is 11.3 Å². The quantitative estimate of drug-likeness (QED) is 0.591. The highest BCUT2D eigenvalue weighted by Gasteiger charge is 2.03. The Hall–Kier alpha value is -1.03. The molecule has 1 aromatic carbocycles. The van der Waals surface area contributed by atoms with Gasteiger partial charge in [-0.1, -0.05) is 28.4 Å². The summed E-state index contributed by atoms with van der Waals surface area (Å²) in [4.78, 5) is 4.25. The highest BCUT2D eigenvalue weighted by Crippen LogP contribution is 2.22. The van der Waals surface area contributed by atoms with Crippen LogP contribution < -0.4 is 11.2 Å². The van der Waals surface area contributed by atoms with Gasteiger partial charge in [0.2, 0.25) is 0 Å². The van der Waals surface area contributed by atoms with Gasteiger partial charge in [-0.15, -0.1) is 0 Å². The van der Waals surface area contributed by atoms with E-state index in [1.807, 2.05) is 0 Å². The average Bonchev–Trinajstić information content (AvgIpc) is 2.29. The van der Waals surface area contributed by atoms with Gasteiger partial charge in [0.05, 0.1) is 10.2 Å². The molecule has 0 spiro atoms. The molecule has 12 heavy (non-hydrogen) atoms. The van der Waals surface area contributed by atoms with E-state index in [1.165, 1.54) is 15.7 Å². The van der Waals surface area contributed by atoms with Gasteiger partial charge < -0.3 is 5.73 Å². The van der Waals surface area contributed by atoms with Gasteiger partial charge in [-0.25, -0.2) is 4.98 Å². The number of rotatable bonds is 0. The SMILES string of the molecule is Bc1cc(C)cc2sc(N)nc12. The molecular formula is C8H9BN2S. The number of nitrogens with two attached hydrogens (primary N) is 1. The molecule has 0 unspecified atom stereocenters. The number of benzene rings is 1. The fraction of sp³-hybridized carbons (Fsp3) is 0.125. The second-order valence-corrected chi connectivity index (χ2v) is 4.04. The van der Waals surface area contributed by atoms with E-state index in [0.29, 0.717) is 5.13 Å². The summed E-state index contributed by atoms with van der Waals surface area (Å²) in [5, 5.41) is 0.652. The van der Waals surface area contributed by atoms with Crippen LogP contribution >= 0.6 is 11.3 Å². The van der Waals surface area contributed by atoms with Gasteiger partial charge >= 0.3 is 0 Å². The van der Waals surface area contributed by atoms with Crippen LogP contribution in [0.1, 0.15) is 5.56 Å². The minimum Gasteiger partial charge on any atom is -0.375 e. The van der Waals surface area contributed by atoms with Crippen molar-refractivity contribution < 1.29 is 0 Å². The minimum absolute atomic E-state index is 0.652. The number of fused-ring (bicyclic) bond motifs is 1. The summed E-state index contributed by atoms with van der Waals surface area (Å²) in [6.45, 7) is 2.09. The number of thiazole rings is 1. The van der Waals surface area contributed by atoms with Crippen molar-refractivity contribution in [1.82, 2.24) is 4.98 Å². The second-order valence-electron chi connectivity index (χ2n) is 2.98. The number of hydrogen-bond donors (Lipinski definition) is 1. The standard InChI is InChI=1S/C8H9BN2S/c1-4-2-5(9)7-6(3-4)12-8(10)11-7/h2-3H,9H2,1H3,(H2,10,11). The monoisotopic (exact) mass is 176 g/mol. The molecule has 1 heterocycles. The van der Waals surface area contributed by atoms with Crippen LogP contribution in [0.3, 0.4) is 0 Å². The number of aryl methyl sites for hydroxylation is 1. The maximum atomic E-state index is 5.62. The Morgan fingerprint density at radius 1 is 1.50 bits per heavy atom. The molecule has 0 fully saturated rings. The molecule has 2 nitrogen and oxygen atoms in total. The minimum atomic E-state index is 0.652. The van der Waals surface area contributed by atoms with Gasteiger partial charge in [0, 0.05) is 0 Å². The number of nitrogen functional groups attached to an aromatic ring is 1. The van der Waals surface area contributed by atoms with Crippen molar-refractivity contribution in [2.24, 2.45) is 0 Å². The molecule has 4 heteroatoms. The molecule has 2 rings (SSSR count). The Balaban J connectivity index is 2.88. The van der Waals surface area contributed by atoms with Crippen molar-refractivity contribution in [2.75, 3.05) is 5.73 Å². The summed E-state index contributed by atoms with van der Waals surface area (Å²) in [5.41, 5.74) is 9.14. The van der Waals surface area contributed by atoms with E-state index in [-0.39, 0.29) is 0 Å². The molecule has 2 N–H and O–H groups in total. The lowest BCUT2D eigenvalue weighted by molar-refractivity contribution is 1.48. The first-order valence-corrected chi connectivity index (χ1v) is 4.62. The van der Waals surface area contributed by atoms with E-state index in [4.69, 9.17) is 5.73 Å². The molecule has 60 valence electrons. The number of anilines is 1. The van der Waals surface area contributed by atoms with Crippen molar-refractivity contribution in [3.8, 4) is 0 Å². The van der Waals surface area contributed by atoms with E-state index in [9.17, 15) is 0 Å². The lowest BCUT2D eigenvalue weighted by Crippen LogP contribution is -2.04. The topological polar surface area (TPSA) is 38.9 Å². The Morgan fingerprint density at radius 2 is 2.25 bits per heavy atom. The molecule has 0 amide bonds. The Kier molecular flexibility index (Phi) is 1.58. The van der Waals surface area contributed by atoms with E-state index >= 15 is 0 Å². The average molecular weight is 176 g/mol. The maximum Gasteiger partial charge on any atom is 0.181 e. The van der Waals surface area contributed by atoms with E-state index in [2.05, 4.69) is 31.9 Å². The molecular weight excluding hydrogens is 167 g/mol. The highest BCUT2D eigenvalue weighted by atomic mass is 32.1. The molecule has 0 bridgehead atoms. The van der Waals surface area contributed by atoms with Crippen molar-refractivity contribution in [1.29, 1.82) is 0 Å². The lowest BCUT2D eigenvalue weighted by atomic mass is 9.93. The summed E-state index contributed by atoms with van der Waals surface area (Å²) in [7, 11) is 2.06. The first-order chi connectivity index (χ1) is 5.66. The van der Waals surface area contributed by atoms with Crippen molar-refractivity contribution in [3.63, 3.8) is 0 Å². The van der Waals surface area contributed by atoms with Gasteiger partial charge in [0.1, 0.15) is 7.85 Å². The van der Waals surface area contributed by atoms with Crippen molar-refractivity contribution >= 4 is 40.0 Å². The zero-order valence-electron chi connectivity index (χ0n) is 7.09. The molecule has 2 aromatic rings. The van der Waals surface area contributed by atoms with E-state index < -0.39 is 0 Å². The van der Waals surface area contributed by atoms with Crippen LogP contribution in [0.5, 0.6) is 0 Å². The van der Waals surface area contributed by atoms with Crippen LogP contribution in [0.25, 0.3) is 10.2 Å². The van der Waals surface area contributed by atoms with Crippen LogP contribution in [-0.4, -0.2) is 12.8 Å². The van der Waals surface area contributed by atoms with Gasteiger partial charge in [0.25, 0.3) is 0 Å². The lowest BCUT2D eigenvalue weighted by Gasteiger charge is -1.95. The summed E-state index contributed by atoms with van der Waals surface area (Å²) < 4.78 is 1.19. The first kappa shape index (κ1) is 7.62. The Bertz CT molecular complexity index is 436. The number of nitrogens with zero attached hydrogens (tertiary/aromatic N) is 1. The predicted molar refractivity (Wildman–Crippen MR) is 56.9 cm³/mol. The molecule has 0 radical (unpaired) electrons. The zero-order chi connectivity index (χ0) is 8.72. The van der Waals surface area contributed by atoms with E-state index in [0.717, 1.165) is 5.52 Å². The number of aromatic nitrogens is 1. The summed E-state index contributed by atoms with van der Waals surface area (Å²) in [5.74, 6) is 0. The molecule has 0 saturated heterocycles. The van der Waals surface area contributed by atoms with Gasteiger partial charge in [-0.2, -0.15) is 0 Å². The first-order valence-electron chi connectivity index (χ1n) is 3.80. The molecule has 0 aliphatic carbocycles. The Morgan fingerprint density at radius 3 is 3.00 bits per heavy atom. The zero-order valence-corrected chi connectivity index (χ0v) is 7.90. The molecule has 0 saturated carbocycles. The third-order valence-corrected chi connectivity index (χ3v) is 2.68. The summed E-state index contributed by atoms with van der Waals surface area (Å²) >= 11 is 1.55. The third kappa shape index (κ3) is 1.08. The summed E-state index contributed by atoms with van der Waals surface area (Å²) in [6, 6.07) is 4.25. The molecule has 1 aromatic heterocycles. The second kappa shape index (κ2) is 2.49. The fourth-order valence-electron chi connectivity index (χ4n) is 1.39. The summed E-state index contributed by atoms with van der Waals surface area (Å²) in [6.07, 6.45) is 0. The third-order valence-electron chi connectivity index (χ3n) is 1.85. The molecule has 0 atom stereocenters. The normalized spacial score (nSPS) is 10.8. The molecule has 0 aliphatic heterocycles. The van der Waals surface area contributed by atoms with Gasteiger partial charge in [0.15, 0.2) is 5.13 Å². The predicted octanol–water partition coefficient (Wildman–Crippen LogP) is 0.445. The van der Waals surface area contributed by atoms with Gasteiger partial charge in [-0.05, 0) is 13.0 Å². The van der Waals surface area contributed by atoms with Crippen LogP contribution in [0.2, 0.25) is 0 Å². The fourth-order valence-corrected chi connectivity index (χ4v) is 2.30. The van der Waals surface area contributed by atoms with Crippen LogP contribution in [0, 0.1) is 6.92 Å². The highest BCUT2D eigenvalue weighted by molar-refractivity contribution is 7.22. The van der Waals surface area contributed by atoms with Gasteiger partial charge in [-0.3, -0.25) is 0 Å². The van der Waals surface area contributed by atoms with Crippen molar-refractivity contribution in [2.45, 2.75) is 6.92 Å². The smallest absolute Gasteiger partial charge is 0.181 e. The van der Waals surface area contributed by atoms with Crippen molar-refractivity contribution in [3.05, 3.63) is 17.7 Å².